The van der Waals surface area contributed by atoms with E-state index in [4.69, 9.17) is 18.9 Å². The van der Waals surface area contributed by atoms with E-state index >= 15 is 0 Å². The molecular formula is C23H29NO5. The second-order valence-corrected chi connectivity index (χ2v) is 7.16. The predicted octanol–water partition coefficient (Wildman–Crippen LogP) is 3.05. The average Bonchev–Trinajstić information content (AvgIpc) is 2.74. The third-order valence-corrected chi connectivity index (χ3v) is 4.86. The monoisotopic (exact) mass is 399 g/mol. The summed E-state index contributed by atoms with van der Waals surface area (Å²) in [5.74, 6) is -0.124. The van der Waals surface area contributed by atoms with Gasteiger partial charge in [-0.1, -0.05) is 60.7 Å². The topological polar surface area (TPSA) is 66.0 Å². The van der Waals surface area contributed by atoms with E-state index < -0.39 is 6.29 Å². The first kappa shape index (κ1) is 21.5. The van der Waals surface area contributed by atoms with E-state index in [0.29, 0.717) is 26.2 Å². The van der Waals surface area contributed by atoms with E-state index in [1.807, 2.05) is 60.7 Å². The van der Waals surface area contributed by atoms with E-state index in [9.17, 15) is 4.79 Å². The molecule has 0 aromatic heterocycles. The Bertz CT molecular complexity index is 739. The van der Waals surface area contributed by atoms with Crippen LogP contribution in [0.1, 0.15) is 24.5 Å². The van der Waals surface area contributed by atoms with Crippen molar-refractivity contribution in [3.8, 4) is 0 Å². The average molecular weight is 399 g/mol. The molecule has 2 aromatic rings. The van der Waals surface area contributed by atoms with Crippen molar-refractivity contribution in [1.82, 2.24) is 5.32 Å². The van der Waals surface area contributed by atoms with Gasteiger partial charge < -0.3 is 24.3 Å². The van der Waals surface area contributed by atoms with Gasteiger partial charge in [0.2, 0.25) is 5.91 Å². The van der Waals surface area contributed by atoms with Crippen LogP contribution >= 0.6 is 0 Å². The summed E-state index contributed by atoms with van der Waals surface area (Å²) in [6.07, 6.45) is -0.475. The highest BCUT2D eigenvalue weighted by Crippen LogP contribution is 2.25. The van der Waals surface area contributed by atoms with Gasteiger partial charge in [-0.3, -0.25) is 4.79 Å². The van der Waals surface area contributed by atoms with E-state index in [2.05, 4.69) is 5.32 Å². The van der Waals surface area contributed by atoms with Gasteiger partial charge in [0.25, 0.3) is 0 Å². The maximum atomic E-state index is 11.6. The maximum absolute atomic E-state index is 11.6. The van der Waals surface area contributed by atoms with Crippen molar-refractivity contribution in [2.24, 2.45) is 0 Å². The number of ether oxygens (including phenoxy) is 4. The zero-order valence-corrected chi connectivity index (χ0v) is 17.0. The Morgan fingerprint density at radius 3 is 2.24 bits per heavy atom. The van der Waals surface area contributed by atoms with Crippen molar-refractivity contribution in [2.75, 3.05) is 13.7 Å². The Morgan fingerprint density at radius 1 is 1.03 bits per heavy atom. The highest BCUT2D eigenvalue weighted by molar-refractivity contribution is 5.73. The normalized spacial score (nSPS) is 24.2. The van der Waals surface area contributed by atoms with Gasteiger partial charge in [-0.2, -0.15) is 0 Å². The second-order valence-electron chi connectivity index (χ2n) is 7.16. The highest BCUT2D eigenvalue weighted by atomic mass is 16.7. The molecule has 1 N–H and O–H groups in total. The number of hydrogen-bond donors (Lipinski definition) is 1. The third kappa shape index (κ3) is 6.65. The Morgan fingerprint density at radius 2 is 1.66 bits per heavy atom. The molecule has 29 heavy (non-hydrogen) atoms. The summed E-state index contributed by atoms with van der Waals surface area (Å²) in [6, 6.07) is 19.7. The minimum Gasteiger partial charge on any atom is -0.374 e. The number of rotatable bonds is 9. The molecule has 1 aliphatic heterocycles. The van der Waals surface area contributed by atoms with Gasteiger partial charge >= 0.3 is 0 Å². The van der Waals surface area contributed by atoms with Crippen LogP contribution in [0.5, 0.6) is 0 Å². The van der Waals surface area contributed by atoms with Crippen LogP contribution in [0.15, 0.2) is 60.7 Å². The van der Waals surface area contributed by atoms with Crippen LogP contribution in [-0.4, -0.2) is 44.2 Å². The van der Waals surface area contributed by atoms with Crippen LogP contribution in [0.4, 0.5) is 0 Å². The molecule has 6 heteroatoms. The Hall–Kier alpha value is -2.25. The molecule has 1 fully saturated rings. The van der Waals surface area contributed by atoms with Crippen LogP contribution in [0.3, 0.4) is 0 Å². The number of carbonyl (C=O) groups excluding carboxylic acids is 1. The minimum atomic E-state index is -0.541. The molecular weight excluding hydrogens is 370 g/mol. The van der Waals surface area contributed by atoms with Gasteiger partial charge in [-0.15, -0.1) is 0 Å². The lowest BCUT2D eigenvalue weighted by molar-refractivity contribution is -0.246. The van der Waals surface area contributed by atoms with Crippen molar-refractivity contribution < 1.29 is 23.7 Å². The molecule has 6 nitrogen and oxygen atoms in total. The van der Waals surface area contributed by atoms with E-state index in [-0.39, 0.29) is 24.2 Å². The fourth-order valence-electron chi connectivity index (χ4n) is 3.44. The Balaban J connectivity index is 1.63. The lowest BCUT2D eigenvalue weighted by atomic mass is 10.00. The van der Waals surface area contributed by atoms with Crippen LogP contribution in [0.25, 0.3) is 0 Å². The van der Waals surface area contributed by atoms with Gasteiger partial charge in [0, 0.05) is 20.5 Å². The number of methoxy groups -OCH3 is 1. The molecule has 0 aliphatic carbocycles. The Kier molecular flexibility index (Phi) is 8.19. The molecule has 1 saturated heterocycles. The molecule has 0 radical (unpaired) electrons. The maximum Gasteiger partial charge on any atom is 0.217 e. The molecule has 2 aromatic carbocycles. The summed E-state index contributed by atoms with van der Waals surface area (Å²) >= 11 is 0. The fourth-order valence-corrected chi connectivity index (χ4v) is 3.44. The predicted molar refractivity (Wildman–Crippen MR) is 109 cm³/mol. The molecule has 0 unspecified atom stereocenters. The second kappa shape index (κ2) is 11.1. The van der Waals surface area contributed by atoms with Crippen molar-refractivity contribution in [3.63, 3.8) is 0 Å². The lowest BCUT2D eigenvalue weighted by Gasteiger charge is -2.40. The number of amides is 1. The quantitative estimate of drug-likeness (QED) is 0.702. The smallest absolute Gasteiger partial charge is 0.217 e. The number of hydrogen-bond acceptors (Lipinski definition) is 5. The summed E-state index contributed by atoms with van der Waals surface area (Å²) < 4.78 is 23.6. The van der Waals surface area contributed by atoms with E-state index in [0.717, 1.165) is 11.1 Å². The SMILES string of the molecule is CO[C@@H]1O[C@H](COCc2ccccc2)[C@@H](OCc2ccccc2)C[C@@H]1NC(C)=O. The van der Waals surface area contributed by atoms with Gasteiger partial charge in [0.1, 0.15) is 6.10 Å². The number of carbonyl (C=O) groups is 1. The van der Waals surface area contributed by atoms with Crippen molar-refractivity contribution in [2.45, 2.75) is 51.1 Å². The van der Waals surface area contributed by atoms with E-state index in [1.165, 1.54) is 6.92 Å². The summed E-state index contributed by atoms with van der Waals surface area (Å²) in [5, 5.41) is 2.90. The van der Waals surface area contributed by atoms with Gasteiger partial charge in [-0.25, -0.2) is 0 Å². The van der Waals surface area contributed by atoms with Gasteiger partial charge in [-0.05, 0) is 11.1 Å². The third-order valence-electron chi connectivity index (χ3n) is 4.86. The molecule has 0 spiro atoms. The van der Waals surface area contributed by atoms with E-state index in [1.54, 1.807) is 7.11 Å². The number of benzene rings is 2. The van der Waals surface area contributed by atoms with Crippen molar-refractivity contribution in [1.29, 1.82) is 0 Å². The standard InChI is InChI=1S/C23H29NO5/c1-17(25)24-20-13-21(28-15-19-11-7-4-8-12-19)22(29-23(20)26-2)16-27-14-18-9-5-3-6-10-18/h3-12,20-23H,13-16H2,1-2H3,(H,24,25)/t20-,21-,22+,23+/m0/s1. The fraction of sp³-hybridized carbons (Fsp3) is 0.435. The first-order valence-electron chi connectivity index (χ1n) is 9.88. The molecule has 0 saturated carbocycles. The molecule has 4 atom stereocenters. The molecule has 0 bridgehead atoms. The summed E-state index contributed by atoms with van der Waals surface area (Å²) in [4.78, 5) is 11.6. The molecule has 1 amide bonds. The summed E-state index contributed by atoms with van der Waals surface area (Å²) in [6.45, 7) is 2.83. The van der Waals surface area contributed by atoms with Crippen LogP contribution in [-0.2, 0) is 37.0 Å². The molecule has 1 heterocycles. The Labute approximate surface area is 172 Å². The first-order valence-corrected chi connectivity index (χ1v) is 9.88. The van der Waals surface area contributed by atoms with Crippen molar-refractivity contribution >= 4 is 5.91 Å². The summed E-state index contributed by atoms with van der Waals surface area (Å²) in [7, 11) is 1.58. The molecule has 1 aliphatic rings. The number of nitrogens with one attached hydrogen (secondary N) is 1. The van der Waals surface area contributed by atoms with Crippen LogP contribution in [0, 0.1) is 0 Å². The largest absolute Gasteiger partial charge is 0.374 e. The van der Waals surface area contributed by atoms with Gasteiger partial charge in [0.15, 0.2) is 6.29 Å². The lowest BCUT2D eigenvalue weighted by Crippen LogP contribution is -2.56. The minimum absolute atomic E-state index is 0.124. The molecule has 3 rings (SSSR count). The highest BCUT2D eigenvalue weighted by Gasteiger charge is 2.39. The first-order chi connectivity index (χ1) is 14.2. The van der Waals surface area contributed by atoms with Gasteiger partial charge in [0.05, 0.1) is 32.0 Å². The zero-order chi connectivity index (χ0) is 20.5. The van der Waals surface area contributed by atoms with Crippen LogP contribution < -0.4 is 5.32 Å². The molecule has 156 valence electrons. The van der Waals surface area contributed by atoms with Crippen LogP contribution in [0.2, 0.25) is 0 Å². The summed E-state index contributed by atoms with van der Waals surface area (Å²) in [5.41, 5.74) is 2.19. The zero-order valence-electron chi connectivity index (χ0n) is 17.0. The van der Waals surface area contributed by atoms with Crippen molar-refractivity contribution in [3.05, 3.63) is 71.8 Å².